The molecule has 0 aromatic heterocycles. The number of carboxylic acid groups (broad SMARTS) is 2. The van der Waals surface area contributed by atoms with E-state index in [1.165, 1.54) is 13.8 Å². The van der Waals surface area contributed by atoms with Crippen molar-refractivity contribution < 1.29 is 34.2 Å². The summed E-state index contributed by atoms with van der Waals surface area (Å²) in [6, 6.07) is -2.99. The molecule has 0 heterocycles. The highest BCUT2D eigenvalue weighted by atomic mass is 16.4. The molecule has 0 aromatic carbocycles. The zero-order chi connectivity index (χ0) is 19.4. The lowest BCUT2D eigenvalue weighted by molar-refractivity contribution is -0.139. The molecule has 3 amide bonds. The van der Waals surface area contributed by atoms with Crippen molar-refractivity contribution >= 4 is 29.7 Å². The van der Waals surface area contributed by atoms with Gasteiger partial charge < -0.3 is 26.2 Å². The summed E-state index contributed by atoms with van der Waals surface area (Å²) in [5.41, 5.74) is 0. The van der Waals surface area contributed by atoms with Crippen LogP contribution in [0.25, 0.3) is 0 Å². The zero-order valence-electron chi connectivity index (χ0n) is 14.3. The molecule has 0 aliphatic carbocycles. The molecular formula is C15H25N3O7. The lowest BCUT2D eigenvalue weighted by atomic mass is 10.1. The Morgan fingerprint density at radius 3 is 1.96 bits per heavy atom. The molecule has 0 saturated carbocycles. The van der Waals surface area contributed by atoms with Gasteiger partial charge in [0.2, 0.25) is 5.91 Å². The van der Waals surface area contributed by atoms with Crippen molar-refractivity contribution in [3.63, 3.8) is 0 Å². The molecule has 0 fully saturated rings. The van der Waals surface area contributed by atoms with E-state index in [9.17, 15) is 24.0 Å². The number of rotatable bonds is 12. The Balaban J connectivity index is 4.41. The average molecular weight is 359 g/mol. The fourth-order valence-electron chi connectivity index (χ4n) is 2.00. The molecule has 0 saturated heterocycles. The maximum absolute atomic E-state index is 11.9. The van der Waals surface area contributed by atoms with Crippen molar-refractivity contribution in [2.45, 2.75) is 58.0 Å². The van der Waals surface area contributed by atoms with E-state index in [2.05, 4.69) is 16.0 Å². The SMILES string of the molecule is CC(=O)NCCCC[C@H](NC(=O)N[C@@H](CCC(=O)O)C(C)=O)C(=O)O. The van der Waals surface area contributed by atoms with E-state index in [-0.39, 0.29) is 25.2 Å². The highest BCUT2D eigenvalue weighted by molar-refractivity contribution is 5.89. The summed E-state index contributed by atoms with van der Waals surface area (Å²) >= 11 is 0. The third-order valence-corrected chi connectivity index (χ3v) is 3.34. The molecule has 0 radical (unpaired) electrons. The molecule has 0 bridgehead atoms. The topological polar surface area (TPSA) is 162 Å². The molecule has 5 N–H and O–H groups in total. The van der Waals surface area contributed by atoms with Gasteiger partial charge in [-0.3, -0.25) is 14.4 Å². The Morgan fingerprint density at radius 1 is 0.880 bits per heavy atom. The number of Topliss-reactive ketones (excluding diaryl/α,β-unsaturated/α-hetero) is 1. The highest BCUT2D eigenvalue weighted by Gasteiger charge is 2.23. The number of unbranched alkanes of at least 4 members (excludes halogenated alkanes) is 1. The average Bonchev–Trinajstić information content (AvgIpc) is 2.48. The number of ketones is 1. The summed E-state index contributed by atoms with van der Waals surface area (Å²) in [5, 5.41) is 24.9. The summed E-state index contributed by atoms with van der Waals surface area (Å²) in [6.45, 7) is 3.00. The fraction of sp³-hybridized carbons (Fsp3) is 0.667. The van der Waals surface area contributed by atoms with Crippen LogP contribution in [0.5, 0.6) is 0 Å². The maximum Gasteiger partial charge on any atom is 0.326 e. The van der Waals surface area contributed by atoms with E-state index in [4.69, 9.17) is 10.2 Å². The Hall–Kier alpha value is -2.65. The van der Waals surface area contributed by atoms with E-state index in [1.807, 2.05) is 0 Å². The number of carboxylic acids is 2. The van der Waals surface area contributed by atoms with E-state index >= 15 is 0 Å². The normalized spacial score (nSPS) is 12.6. The number of carbonyl (C=O) groups excluding carboxylic acids is 3. The maximum atomic E-state index is 11.9. The summed E-state index contributed by atoms with van der Waals surface area (Å²) in [6.07, 6.45) is 0.804. The van der Waals surface area contributed by atoms with Gasteiger partial charge in [0, 0.05) is 19.9 Å². The van der Waals surface area contributed by atoms with Crippen molar-refractivity contribution in [3.8, 4) is 0 Å². The van der Waals surface area contributed by atoms with Crippen LogP contribution < -0.4 is 16.0 Å². The van der Waals surface area contributed by atoms with E-state index in [0.29, 0.717) is 19.4 Å². The molecule has 0 rings (SSSR count). The zero-order valence-corrected chi connectivity index (χ0v) is 14.3. The van der Waals surface area contributed by atoms with Crippen molar-refractivity contribution in [1.29, 1.82) is 0 Å². The second-order valence-corrected chi connectivity index (χ2v) is 5.58. The minimum absolute atomic E-state index is 0.0768. The second kappa shape index (κ2) is 11.8. The quantitative estimate of drug-likeness (QED) is 0.303. The van der Waals surface area contributed by atoms with Gasteiger partial charge in [-0.05, 0) is 32.6 Å². The summed E-state index contributed by atoms with van der Waals surface area (Å²) in [7, 11) is 0. The summed E-state index contributed by atoms with van der Waals surface area (Å²) in [5.74, 6) is -2.92. The van der Waals surface area contributed by atoms with Crippen LogP contribution in [0.2, 0.25) is 0 Å². The number of hydrogen-bond acceptors (Lipinski definition) is 5. The molecule has 0 aromatic rings. The summed E-state index contributed by atoms with van der Waals surface area (Å²) < 4.78 is 0. The Bertz CT molecular complexity index is 507. The number of carbonyl (C=O) groups is 5. The molecule has 2 atom stereocenters. The molecule has 10 nitrogen and oxygen atoms in total. The molecule has 0 spiro atoms. The summed E-state index contributed by atoms with van der Waals surface area (Å²) in [4.78, 5) is 55.7. The van der Waals surface area contributed by atoms with Gasteiger partial charge >= 0.3 is 18.0 Å². The van der Waals surface area contributed by atoms with Gasteiger partial charge in [0.15, 0.2) is 5.78 Å². The molecule has 0 unspecified atom stereocenters. The number of nitrogens with one attached hydrogen (secondary N) is 3. The molecular weight excluding hydrogens is 334 g/mol. The van der Waals surface area contributed by atoms with E-state index in [1.54, 1.807) is 0 Å². The third kappa shape index (κ3) is 11.5. The van der Waals surface area contributed by atoms with Crippen LogP contribution >= 0.6 is 0 Å². The predicted octanol–water partition coefficient (Wildman–Crippen LogP) is -0.132. The van der Waals surface area contributed by atoms with Gasteiger partial charge in [0.05, 0.1) is 6.04 Å². The van der Waals surface area contributed by atoms with Crippen LogP contribution in [0.1, 0.15) is 46.0 Å². The number of urea groups is 1. The standard InChI is InChI=1S/C15H25N3O7/c1-9(19)11(6-7-13(21)22)17-15(25)18-12(14(23)24)5-3-4-8-16-10(2)20/h11-12H,3-8H2,1-2H3,(H,16,20)(H,21,22)(H,23,24)(H2,17,18,25)/t11-,12-/m0/s1. The Labute approximate surface area is 145 Å². The van der Waals surface area contributed by atoms with Crippen molar-refractivity contribution in [2.75, 3.05) is 6.54 Å². The fourth-order valence-corrected chi connectivity index (χ4v) is 2.00. The van der Waals surface area contributed by atoms with Crippen LogP contribution in [0.4, 0.5) is 4.79 Å². The molecule has 0 aliphatic rings. The predicted molar refractivity (Wildman–Crippen MR) is 87.0 cm³/mol. The molecule has 25 heavy (non-hydrogen) atoms. The smallest absolute Gasteiger partial charge is 0.326 e. The van der Waals surface area contributed by atoms with Crippen LogP contribution in [0.3, 0.4) is 0 Å². The van der Waals surface area contributed by atoms with Crippen molar-refractivity contribution in [2.24, 2.45) is 0 Å². The first-order valence-corrected chi connectivity index (χ1v) is 7.90. The Morgan fingerprint density at radius 2 is 1.48 bits per heavy atom. The molecule has 0 aliphatic heterocycles. The van der Waals surface area contributed by atoms with Crippen LogP contribution in [-0.4, -0.2) is 58.5 Å². The lowest BCUT2D eigenvalue weighted by Crippen LogP contribution is -2.50. The number of hydrogen-bond donors (Lipinski definition) is 5. The van der Waals surface area contributed by atoms with Gasteiger partial charge in [-0.1, -0.05) is 0 Å². The van der Waals surface area contributed by atoms with Gasteiger partial charge in [-0.2, -0.15) is 0 Å². The van der Waals surface area contributed by atoms with Crippen LogP contribution in [0.15, 0.2) is 0 Å². The minimum atomic E-state index is -1.22. The minimum Gasteiger partial charge on any atom is -0.481 e. The number of amides is 3. The van der Waals surface area contributed by atoms with Gasteiger partial charge in [0.25, 0.3) is 0 Å². The van der Waals surface area contributed by atoms with Gasteiger partial charge in [0.1, 0.15) is 6.04 Å². The van der Waals surface area contributed by atoms with Crippen LogP contribution in [0, 0.1) is 0 Å². The molecule has 142 valence electrons. The Kier molecular flexibility index (Phi) is 10.6. The van der Waals surface area contributed by atoms with Gasteiger partial charge in [-0.15, -0.1) is 0 Å². The highest BCUT2D eigenvalue weighted by Crippen LogP contribution is 2.03. The second-order valence-electron chi connectivity index (χ2n) is 5.58. The first kappa shape index (κ1) is 22.4. The van der Waals surface area contributed by atoms with Gasteiger partial charge in [-0.25, -0.2) is 9.59 Å². The van der Waals surface area contributed by atoms with Crippen LogP contribution in [-0.2, 0) is 19.2 Å². The largest absolute Gasteiger partial charge is 0.481 e. The molecule has 10 heteroatoms. The van der Waals surface area contributed by atoms with E-state index in [0.717, 1.165) is 0 Å². The van der Waals surface area contributed by atoms with Crippen molar-refractivity contribution in [1.82, 2.24) is 16.0 Å². The first-order valence-electron chi connectivity index (χ1n) is 7.90. The lowest BCUT2D eigenvalue weighted by Gasteiger charge is -2.19. The van der Waals surface area contributed by atoms with E-state index < -0.39 is 35.8 Å². The first-order chi connectivity index (χ1) is 11.6. The number of aliphatic carboxylic acids is 2. The third-order valence-electron chi connectivity index (χ3n) is 3.34. The van der Waals surface area contributed by atoms with Crippen molar-refractivity contribution in [3.05, 3.63) is 0 Å². The monoisotopic (exact) mass is 359 g/mol.